The molecule has 1 aromatic carbocycles. The van der Waals surface area contributed by atoms with E-state index in [0.29, 0.717) is 21.5 Å². The van der Waals surface area contributed by atoms with Gasteiger partial charge in [-0.05, 0) is 42.1 Å². The van der Waals surface area contributed by atoms with Gasteiger partial charge in [0.05, 0.1) is 27.6 Å². The maximum absolute atomic E-state index is 12.2. The minimum absolute atomic E-state index is 0.134. The molecule has 3 aromatic rings. The van der Waals surface area contributed by atoms with Crippen LogP contribution in [-0.4, -0.2) is 64.6 Å². The lowest BCUT2D eigenvalue weighted by Gasteiger charge is -2.24. The van der Waals surface area contributed by atoms with E-state index < -0.39 is 0 Å². The molecule has 0 atom stereocenters. The van der Waals surface area contributed by atoms with Gasteiger partial charge < -0.3 is 9.64 Å². The molecule has 0 radical (unpaired) electrons. The molecule has 172 valence electrons. The highest BCUT2D eigenvalue weighted by atomic mass is 35.5. The Morgan fingerprint density at radius 2 is 2.00 bits per heavy atom. The molecular weight excluding hydrogens is 501 g/mol. The van der Waals surface area contributed by atoms with Crippen molar-refractivity contribution in [2.75, 3.05) is 34.3 Å². The van der Waals surface area contributed by atoms with Crippen LogP contribution >= 0.6 is 46.5 Å². The number of carbonyl (C=O) groups is 1. The van der Waals surface area contributed by atoms with Crippen molar-refractivity contribution in [3.8, 4) is 16.5 Å². The van der Waals surface area contributed by atoms with Gasteiger partial charge in [0.15, 0.2) is 0 Å². The summed E-state index contributed by atoms with van der Waals surface area (Å²) in [5, 5.41) is 11.4. The fraction of sp³-hybridized carbons (Fsp3) is 0.273. The van der Waals surface area contributed by atoms with Crippen molar-refractivity contribution in [1.82, 2.24) is 24.4 Å². The third-order valence-corrected chi connectivity index (χ3v) is 7.58. The molecule has 2 aromatic heterocycles. The van der Waals surface area contributed by atoms with Crippen molar-refractivity contribution in [2.45, 2.75) is 11.3 Å². The Hall–Kier alpha value is -2.17. The number of carbonyl (C=O) groups excluding carboxylic acids is 1. The lowest BCUT2D eigenvalue weighted by Crippen LogP contribution is -2.21. The Balaban J connectivity index is 1.46. The highest BCUT2D eigenvalue weighted by Crippen LogP contribution is 2.36. The summed E-state index contributed by atoms with van der Waals surface area (Å²) >= 11 is 15.5. The number of benzene rings is 1. The molecule has 0 spiro atoms. The molecule has 0 saturated carbocycles. The van der Waals surface area contributed by atoms with Crippen LogP contribution in [0.5, 0.6) is 5.88 Å². The first-order valence-corrected chi connectivity index (χ1v) is 12.4. The van der Waals surface area contributed by atoms with E-state index in [9.17, 15) is 4.79 Å². The predicted molar refractivity (Wildman–Crippen MR) is 134 cm³/mol. The van der Waals surface area contributed by atoms with Crippen molar-refractivity contribution in [1.29, 1.82) is 0 Å². The Bertz CT molecular complexity index is 1220. The molecule has 1 amide bonds. The maximum atomic E-state index is 12.2. The summed E-state index contributed by atoms with van der Waals surface area (Å²) in [4.78, 5) is 18.8. The molecule has 11 heteroatoms. The molecule has 1 aliphatic rings. The number of hydrogen-bond donors (Lipinski definition) is 0. The van der Waals surface area contributed by atoms with Gasteiger partial charge in [-0.2, -0.15) is 0 Å². The second-order valence-electron chi connectivity index (χ2n) is 7.43. The summed E-state index contributed by atoms with van der Waals surface area (Å²) in [5.74, 6) is 0.426. The molecule has 7 nitrogen and oxygen atoms in total. The van der Waals surface area contributed by atoms with Gasteiger partial charge >= 0.3 is 0 Å². The second-order valence-corrected chi connectivity index (χ2v) is 10.4. The Morgan fingerprint density at radius 1 is 1.21 bits per heavy atom. The van der Waals surface area contributed by atoms with E-state index in [1.54, 1.807) is 51.5 Å². The van der Waals surface area contributed by atoms with Crippen LogP contribution in [0.3, 0.4) is 0 Å². The fourth-order valence-corrected chi connectivity index (χ4v) is 5.62. The van der Waals surface area contributed by atoms with Gasteiger partial charge in [0.25, 0.3) is 5.91 Å². The first-order valence-electron chi connectivity index (χ1n) is 10.0. The monoisotopic (exact) mass is 521 g/mol. The van der Waals surface area contributed by atoms with Crippen LogP contribution in [0, 0.1) is 0 Å². The molecule has 0 aliphatic carbocycles. The van der Waals surface area contributed by atoms with E-state index in [2.05, 4.69) is 25.6 Å². The number of nitrogens with zero attached hydrogens (tertiary/aromatic N) is 5. The van der Waals surface area contributed by atoms with E-state index in [-0.39, 0.29) is 5.91 Å². The second kappa shape index (κ2) is 10.4. The van der Waals surface area contributed by atoms with Crippen LogP contribution in [0.1, 0.15) is 21.8 Å². The Labute approximate surface area is 210 Å². The molecule has 0 fully saturated rings. The van der Waals surface area contributed by atoms with Crippen LogP contribution in [0.4, 0.5) is 0 Å². The molecule has 0 N–H and O–H groups in total. The number of pyridine rings is 1. The third-order valence-electron chi connectivity index (χ3n) is 4.93. The molecule has 0 saturated heterocycles. The number of methoxy groups -OCH3 is 1. The van der Waals surface area contributed by atoms with Gasteiger partial charge in [-0.1, -0.05) is 46.7 Å². The quantitative estimate of drug-likeness (QED) is 0.401. The smallest absolute Gasteiger partial charge is 0.254 e. The van der Waals surface area contributed by atoms with Gasteiger partial charge in [0.2, 0.25) is 5.88 Å². The van der Waals surface area contributed by atoms with Crippen LogP contribution in [0.2, 0.25) is 10.0 Å². The van der Waals surface area contributed by atoms with Crippen molar-refractivity contribution in [3.05, 3.63) is 57.2 Å². The zero-order valence-corrected chi connectivity index (χ0v) is 21.4. The summed E-state index contributed by atoms with van der Waals surface area (Å²) in [6.45, 7) is 1.59. The lowest BCUT2D eigenvalue weighted by atomic mass is 10.1. The van der Waals surface area contributed by atoms with E-state index in [1.807, 2.05) is 12.1 Å². The zero-order chi connectivity index (χ0) is 23.5. The highest BCUT2D eigenvalue weighted by molar-refractivity contribution is 7.97. The average molecular weight is 522 g/mol. The van der Waals surface area contributed by atoms with Crippen molar-refractivity contribution >= 4 is 58.0 Å². The summed E-state index contributed by atoms with van der Waals surface area (Å²) in [6, 6.07) is 7.21. The van der Waals surface area contributed by atoms with Crippen LogP contribution in [0.15, 0.2) is 41.4 Å². The first kappa shape index (κ1) is 24.0. The number of halogens is 2. The largest absolute Gasteiger partial charge is 0.480 e. The van der Waals surface area contributed by atoms with Crippen LogP contribution < -0.4 is 4.74 Å². The number of ether oxygens (including phenoxy) is 1. The molecule has 1 aliphatic heterocycles. The molecule has 4 rings (SSSR count). The fourth-order valence-electron chi connectivity index (χ4n) is 3.23. The summed E-state index contributed by atoms with van der Waals surface area (Å²) in [7, 11) is 5.00. The normalized spacial score (nSPS) is 14.2. The Morgan fingerprint density at radius 3 is 2.67 bits per heavy atom. The Kier molecular flexibility index (Phi) is 7.55. The van der Waals surface area contributed by atoms with Gasteiger partial charge in [0.1, 0.15) is 10.0 Å². The van der Waals surface area contributed by atoms with E-state index in [4.69, 9.17) is 27.9 Å². The molecule has 33 heavy (non-hydrogen) atoms. The molecule has 0 unspecified atom stereocenters. The SMILES string of the molecule is COc1ncc(Cl)cc1SN1CC=C(c2nnc(-c3ccc(C(=O)N(C)C)c(Cl)c3)s2)CC1. The topological polar surface area (TPSA) is 71.5 Å². The average Bonchev–Trinajstić information content (AvgIpc) is 3.29. The summed E-state index contributed by atoms with van der Waals surface area (Å²) in [5.41, 5.74) is 2.47. The summed E-state index contributed by atoms with van der Waals surface area (Å²) in [6.07, 6.45) is 4.58. The van der Waals surface area contributed by atoms with Crippen molar-refractivity contribution < 1.29 is 9.53 Å². The van der Waals surface area contributed by atoms with Crippen LogP contribution in [-0.2, 0) is 0 Å². The maximum Gasteiger partial charge on any atom is 0.254 e. The summed E-state index contributed by atoms with van der Waals surface area (Å²) < 4.78 is 7.56. The molecule has 0 bridgehead atoms. The first-order chi connectivity index (χ1) is 15.9. The minimum Gasteiger partial charge on any atom is -0.480 e. The molecular formula is C22H21Cl2N5O2S2. The van der Waals surface area contributed by atoms with E-state index >= 15 is 0 Å². The third kappa shape index (κ3) is 5.50. The van der Waals surface area contributed by atoms with Gasteiger partial charge in [-0.25, -0.2) is 9.29 Å². The zero-order valence-electron chi connectivity index (χ0n) is 18.2. The van der Waals surface area contributed by atoms with Crippen molar-refractivity contribution in [3.63, 3.8) is 0 Å². The molecule has 3 heterocycles. The van der Waals surface area contributed by atoms with Crippen LogP contribution in [0.25, 0.3) is 16.1 Å². The van der Waals surface area contributed by atoms with Gasteiger partial charge in [-0.15, -0.1) is 10.2 Å². The van der Waals surface area contributed by atoms with E-state index in [0.717, 1.165) is 45.6 Å². The van der Waals surface area contributed by atoms with Gasteiger partial charge in [-0.3, -0.25) is 4.79 Å². The number of hydrogen-bond acceptors (Lipinski definition) is 8. The lowest BCUT2D eigenvalue weighted by molar-refractivity contribution is 0.0828. The minimum atomic E-state index is -0.134. The number of aromatic nitrogens is 3. The van der Waals surface area contributed by atoms with E-state index in [1.165, 1.54) is 16.2 Å². The van der Waals surface area contributed by atoms with Crippen molar-refractivity contribution in [2.24, 2.45) is 0 Å². The number of amides is 1. The highest BCUT2D eigenvalue weighted by Gasteiger charge is 2.20. The number of rotatable bonds is 6. The standard InChI is InChI=1S/C22H21Cl2N5O2S2/c1-28(2)22(30)16-5-4-14(10-17(16)24)21-27-26-20(32-21)13-6-8-29(9-7-13)33-18-11-15(23)12-25-19(18)31-3/h4-6,10-12H,7-9H2,1-3H3. The predicted octanol–water partition coefficient (Wildman–Crippen LogP) is 5.41. The van der Waals surface area contributed by atoms with Gasteiger partial charge in [0, 0.05) is 38.9 Å².